The van der Waals surface area contributed by atoms with Crippen molar-refractivity contribution in [1.29, 1.82) is 0 Å². The molecule has 12 heteroatoms. The van der Waals surface area contributed by atoms with Crippen LogP contribution >= 0.6 is 7.60 Å². The van der Waals surface area contributed by atoms with Crippen LogP contribution in [0.5, 0.6) is 0 Å². The third-order valence-electron chi connectivity index (χ3n) is 4.22. The molecule has 0 N–H and O–H groups in total. The number of ether oxygens (including phenoxy) is 4. The van der Waals surface area contributed by atoms with Crippen molar-refractivity contribution in [3.63, 3.8) is 0 Å². The molecule has 0 aliphatic rings. The largest absolute Gasteiger partial charge is 0.511 e. The van der Waals surface area contributed by atoms with Crippen LogP contribution in [0.4, 0.5) is 4.79 Å². The summed E-state index contributed by atoms with van der Waals surface area (Å²) in [5.74, 6) is -3.78. The predicted octanol–water partition coefficient (Wildman–Crippen LogP) is 4.48. The van der Waals surface area contributed by atoms with Crippen molar-refractivity contribution < 1.29 is 51.7 Å². The van der Waals surface area contributed by atoms with Gasteiger partial charge < -0.3 is 28.0 Å². The Morgan fingerprint density at radius 3 is 2.03 bits per heavy atom. The first-order chi connectivity index (χ1) is 16.5. The highest BCUT2D eigenvalue weighted by Crippen LogP contribution is 2.50. The molecule has 0 saturated heterocycles. The van der Waals surface area contributed by atoms with E-state index in [2.05, 4.69) is 0 Å². The fourth-order valence-electron chi connectivity index (χ4n) is 2.81. The summed E-state index contributed by atoms with van der Waals surface area (Å²) in [6, 6.07) is 7.92. The lowest BCUT2D eigenvalue weighted by Crippen LogP contribution is -2.30. The topological polar surface area (TPSA) is 141 Å². The third-order valence-corrected chi connectivity index (χ3v) is 6.41. The van der Waals surface area contributed by atoms with Gasteiger partial charge in [-0.05, 0) is 46.2 Å². The monoisotopic (exact) mass is 516 g/mol. The van der Waals surface area contributed by atoms with E-state index in [0.717, 1.165) is 0 Å². The minimum atomic E-state index is -3.71. The zero-order valence-electron chi connectivity index (χ0n) is 20.6. The van der Waals surface area contributed by atoms with Crippen molar-refractivity contribution in [2.24, 2.45) is 5.92 Å². The fourth-order valence-corrected chi connectivity index (χ4v) is 4.75. The van der Waals surface area contributed by atoms with Gasteiger partial charge in [-0.2, -0.15) is 0 Å². The fraction of sp³-hybridized carbons (Fsp3) is 0.565. The number of carbonyl (C=O) groups is 4. The maximum atomic E-state index is 13.0. The van der Waals surface area contributed by atoms with Gasteiger partial charge in [-0.1, -0.05) is 18.2 Å². The average Bonchev–Trinajstić information content (AvgIpc) is 2.76. The molecule has 0 aromatic heterocycles. The normalized spacial score (nSPS) is 13.0. The van der Waals surface area contributed by atoms with E-state index in [4.69, 9.17) is 28.0 Å². The summed E-state index contributed by atoms with van der Waals surface area (Å²) in [5, 5.41) is 0. The molecule has 1 aromatic carbocycles. The second-order valence-electron chi connectivity index (χ2n) is 7.53. The van der Waals surface area contributed by atoms with Crippen LogP contribution in [0.3, 0.4) is 0 Å². The second kappa shape index (κ2) is 15.3. The number of carbonyl (C=O) groups excluding carboxylic acids is 4. The molecule has 0 saturated carbocycles. The molecule has 0 radical (unpaired) electrons. The summed E-state index contributed by atoms with van der Waals surface area (Å²) in [5.41, 5.74) is 0.188. The van der Waals surface area contributed by atoms with E-state index in [1.54, 1.807) is 45.9 Å². The van der Waals surface area contributed by atoms with Crippen LogP contribution in [0.2, 0.25) is 0 Å². The van der Waals surface area contributed by atoms with E-state index in [1.165, 1.54) is 19.1 Å². The Hall–Kier alpha value is -2.75. The van der Waals surface area contributed by atoms with Crippen LogP contribution in [0.1, 0.15) is 57.8 Å². The van der Waals surface area contributed by atoms with E-state index >= 15 is 0 Å². The highest BCUT2D eigenvalue weighted by atomic mass is 31.2. The molecule has 0 fully saturated rings. The first kappa shape index (κ1) is 30.3. The van der Waals surface area contributed by atoms with Crippen LogP contribution in [-0.4, -0.2) is 55.8 Å². The molecule has 196 valence electrons. The summed E-state index contributed by atoms with van der Waals surface area (Å²) >= 11 is 0. The van der Waals surface area contributed by atoms with Crippen LogP contribution in [0.25, 0.3) is 0 Å². The van der Waals surface area contributed by atoms with Crippen molar-refractivity contribution in [2.75, 3.05) is 19.4 Å². The minimum Gasteiger partial charge on any atom is -0.431 e. The molecular weight excluding hydrogens is 483 g/mol. The number of esters is 3. The molecule has 0 aliphatic heterocycles. The van der Waals surface area contributed by atoms with E-state index in [0.29, 0.717) is 0 Å². The van der Waals surface area contributed by atoms with Crippen molar-refractivity contribution in [3.05, 3.63) is 35.9 Å². The molecule has 0 bridgehead atoms. The van der Waals surface area contributed by atoms with Crippen LogP contribution in [-0.2, 0) is 42.1 Å². The lowest BCUT2D eigenvalue weighted by molar-refractivity contribution is -0.173. The summed E-state index contributed by atoms with van der Waals surface area (Å²) in [6.45, 7) is 7.89. The minimum absolute atomic E-state index is 0.0627. The van der Waals surface area contributed by atoms with Gasteiger partial charge in [0.05, 0.1) is 37.0 Å². The molecule has 11 nitrogen and oxygen atoms in total. The van der Waals surface area contributed by atoms with Gasteiger partial charge in [0.25, 0.3) is 0 Å². The van der Waals surface area contributed by atoms with Crippen molar-refractivity contribution in [2.45, 2.75) is 59.9 Å². The van der Waals surface area contributed by atoms with Crippen LogP contribution in [0.15, 0.2) is 30.3 Å². The molecule has 0 aliphatic carbocycles. The SMILES string of the molecule is CCOP(=O)(CC(CCC(=O)OC(=O)c1ccccc1)C(=O)OC(C)OC(=O)OC(C)C)OCC. The highest BCUT2D eigenvalue weighted by molar-refractivity contribution is 7.53. The summed E-state index contributed by atoms with van der Waals surface area (Å²) in [4.78, 5) is 48.7. The first-order valence-electron chi connectivity index (χ1n) is 11.3. The quantitative estimate of drug-likeness (QED) is 0.114. The van der Waals surface area contributed by atoms with Crippen molar-refractivity contribution >= 4 is 31.7 Å². The summed E-state index contributed by atoms with van der Waals surface area (Å²) in [6.07, 6.45) is -3.73. The average molecular weight is 516 g/mol. The summed E-state index contributed by atoms with van der Waals surface area (Å²) in [7, 11) is -3.71. The van der Waals surface area contributed by atoms with E-state index < -0.39 is 56.1 Å². The Bertz CT molecular complexity index is 875. The van der Waals surface area contributed by atoms with Crippen molar-refractivity contribution in [1.82, 2.24) is 0 Å². The molecule has 2 unspecified atom stereocenters. The maximum absolute atomic E-state index is 13.0. The van der Waals surface area contributed by atoms with Crippen LogP contribution < -0.4 is 0 Å². The van der Waals surface area contributed by atoms with Gasteiger partial charge in [-0.25, -0.2) is 9.59 Å². The number of rotatable bonds is 14. The van der Waals surface area contributed by atoms with Gasteiger partial charge in [0.2, 0.25) is 6.29 Å². The standard InChI is InChI=1S/C23H33O11P/c1-6-29-35(28,30-7-2)15-19(22(26)32-17(5)33-23(27)31-16(3)4)13-14-20(24)34-21(25)18-11-9-8-10-12-18/h8-12,16-17,19H,6-7,13-15H2,1-5H3. The molecule has 0 amide bonds. The Kier molecular flexibility index (Phi) is 13.2. The molecule has 35 heavy (non-hydrogen) atoms. The lowest BCUT2D eigenvalue weighted by atomic mass is 10.1. The Morgan fingerprint density at radius 1 is 0.886 bits per heavy atom. The van der Waals surface area contributed by atoms with Crippen LogP contribution in [0, 0.1) is 5.92 Å². The maximum Gasteiger partial charge on any atom is 0.511 e. The van der Waals surface area contributed by atoms with E-state index in [9.17, 15) is 23.7 Å². The Morgan fingerprint density at radius 2 is 1.49 bits per heavy atom. The highest BCUT2D eigenvalue weighted by Gasteiger charge is 2.35. The summed E-state index contributed by atoms with van der Waals surface area (Å²) < 4.78 is 43.1. The van der Waals surface area contributed by atoms with Gasteiger partial charge in [0.1, 0.15) is 0 Å². The van der Waals surface area contributed by atoms with Crippen molar-refractivity contribution in [3.8, 4) is 0 Å². The van der Waals surface area contributed by atoms with Gasteiger partial charge >= 0.3 is 31.7 Å². The number of benzene rings is 1. The smallest absolute Gasteiger partial charge is 0.431 e. The third kappa shape index (κ3) is 12.0. The lowest BCUT2D eigenvalue weighted by Gasteiger charge is -2.23. The number of hydrogen-bond acceptors (Lipinski definition) is 11. The van der Waals surface area contributed by atoms with Gasteiger partial charge in [0.15, 0.2) is 0 Å². The molecule has 0 heterocycles. The zero-order valence-corrected chi connectivity index (χ0v) is 21.5. The van der Waals surface area contributed by atoms with Gasteiger partial charge in [0, 0.05) is 13.3 Å². The zero-order chi connectivity index (χ0) is 26.4. The van der Waals surface area contributed by atoms with Gasteiger partial charge in [-0.15, -0.1) is 0 Å². The molecule has 0 spiro atoms. The number of hydrogen-bond donors (Lipinski definition) is 0. The molecular formula is C23H33O11P. The molecule has 1 rings (SSSR count). The second-order valence-corrected chi connectivity index (χ2v) is 9.63. The molecule has 1 aromatic rings. The Balaban J connectivity index is 2.86. The first-order valence-corrected chi connectivity index (χ1v) is 13.0. The molecule has 2 atom stereocenters. The predicted molar refractivity (Wildman–Crippen MR) is 124 cm³/mol. The van der Waals surface area contributed by atoms with E-state index in [-0.39, 0.29) is 31.6 Å². The van der Waals surface area contributed by atoms with Gasteiger partial charge in [-0.3, -0.25) is 14.2 Å². The van der Waals surface area contributed by atoms with E-state index in [1.807, 2.05) is 0 Å². The Labute approximate surface area is 204 Å².